The molecule has 1 heterocycles. The van der Waals surface area contributed by atoms with E-state index >= 15 is 0 Å². The van der Waals surface area contributed by atoms with E-state index in [9.17, 15) is 4.79 Å². The van der Waals surface area contributed by atoms with E-state index in [1.165, 1.54) is 12.3 Å². The number of carboxylic acids is 1. The van der Waals surface area contributed by atoms with E-state index in [4.69, 9.17) is 15.3 Å². The van der Waals surface area contributed by atoms with Crippen molar-refractivity contribution in [3.63, 3.8) is 0 Å². The zero-order valence-corrected chi connectivity index (χ0v) is 7.81. The maximum Gasteiger partial charge on any atom is 0.371 e. The van der Waals surface area contributed by atoms with Crippen molar-refractivity contribution in [1.29, 1.82) is 0 Å². The summed E-state index contributed by atoms with van der Waals surface area (Å²) in [4.78, 5) is 10.6. The van der Waals surface area contributed by atoms with Crippen LogP contribution in [0.5, 0.6) is 0 Å². The maximum atomic E-state index is 10.6. The minimum Gasteiger partial charge on any atom is -0.475 e. The Morgan fingerprint density at radius 1 is 1.27 bits per heavy atom. The van der Waals surface area contributed by atoms with Crippen LogP contribution in [0, 0.1) is 0 Å². The molecule has 4 nitrogen and oxygen atoms in total. The molecule has 3 N–H and O–H groups in total. The molecule has 0 saturated carbocycles. The van der Waals surface area contributed by atoms with Crippen LogP contribution in [0.2, 0.25) is 0 Å². The molecule has 0 aliphatic rings. The highest BCUT2D eigenvalue weighted by Gasteiger charge is 2.09. The summed E-state index contributed by atoms with van der Waals surface area (Å²) in [5, 5.41) is 8.68. The Bertz CT molecular complexity index is 502. The van der Waals surface area contributed by atoms with E-state index in [1.54, 1.807) is 18.2 Å². The van der Waals surface area contributed by atoms with Crippen molar-refractivity contribution in [2.24, 2.45) is 0 Å². The molecule has 0 fully saturated rings. The van der Waals surface area contributed by atoms with Crippen LogP contribution in [-0.2, 0) is 0 Å². The Hall–Kier alpha value is -2.23. The normalized spacial score (nSPS) is 10.1. The molecule has 0 amide bonds. The van der Waals surface area contributed by atoms with Gasteiger partial charge in [-0.3, -0.25) is 0 Å². The first-order valence-electron chi connectivity index (χ1n) is 4.34. The largest absolute Gasteiger partial charge is 0.475 e. The first kappa shape index (κ1) is 9.33. The Kier molecular flexibility index (Phi) is 2.17. The Labute approximate surface area is 85.9 Å². The van der Waals surface area contributed by atoms with Gasteiger partial charge in [-0.25, -0.2) is 4.79 Å². The molecular formula is C11H9NO3. The fourth-order valence-corrected chi connectivity index (χ4v) is 1.32. The SMILES string of the molecule is Nc1cccc(-c2coc(C(=O)O)c2)c1. The summed E-state index contributed by atoms with van der Waals surface area (Å²) < 4.78 is 4.88. The van der Waals surface area contributed by atoms with Crippen LogP contribution in [0.15, 0.2) is 41.0 Å². The highest BCUT2D eigenvalue weighted by Crippen LogP contribution is 2.23. The van der Waals surface area contributed by atoms with Gasteiger partial charge in [-0.05, 0) is 23.8 Å². The van der Waals surface area contributed by atoms with Crippen LogP contribution in [0.4, 0.5) is 5.69 Å². The van der Waals surface area contributed by atoms with Gasteiger partial charge in [-0.15, -0.1) is 0 Å². The Morgan fingerprint density at radius 3 is 2.67 bits per heavy atom. The second kappa shape index (κ2) is 3.49. The molecule has 0 radical (unpaired) electrons. The third-order valence-corrected chi connectivity index (χ3v) is 2.03. The van der Waals surface area contributed by atoms with Crippen molar-refractivity contribution in [2.75, 3.05) is 5.73 Å². The zero-order chi connectivity index (χ0) is 10.8. The molecule has 1 aromatic carbocycles. The predicted octanol–water partition coefficient (Wildman–Crippen LogP) is 2.23. The number of aromatic carboxylic acids is 1. The second-order valence-electron chi connectivity index (χ2n) is 3.13. The lowest BCUT2D eigenvalue weighted by atomic mass is 10.1. The topological polar surface area (TPSA) is 76.5 Å². The number of benzene rings is 1. The van der Waals surface area contributed by atoms with Gasteiger partial charge in [0.1, 0.15) is 0 Å². The average molecular weight is 203 g/mol. The molecule has 15 heavy (non-hydrogen) atoms. The number of nitrogen functional groups attached to an aromatic ring is 1. The zero-order valence-electron chi connectivity index (χ0n) is 7.81. The van der Waals surface area contributed by atoms with Crippen molar-refractivity contribution >= 4 is 11.7 Å². The first-order valence-corrected chi connectivity index (χ1v) is 4.34. The van der Waals surface area contributed by atoms with Crippen LogP contribution in [-0.4, -0.2) is 11.1 Å². The van der Waals surface area contributed by atoms with Gasteiger partial charge in [0.05, 0.1) is 6.26 Å². The monoisotopic (exact) mass is 203 g/mol. The van der Waals surface area contributed by atoms with Gasteiger partial charge in [0, 0.05) is 11.3 Å². The fraction of sp³-hybridized carbons (Fsp3) is 0. The number of nitrogens with two attached hydrogens (primary N) is 1. The first-order chi connectivity index (χ1) is 7.16. The van der Waals surface area contributed by atoms with Crippen molar-refractivity contribution < 1.29 is 14.3 Å². The molecule has 2 rings (SSSR count). The number of hydrogen-bond acceptors (Lipinski definition) is 3. The third-order valence-electron chi connectivity index (χ3n) is 2.03. The quantitative estimate of drug-likeness (QED) is 0.733. The van der Waals surface area contributed by atoms with E-state index in [1.807, 2.05) is 6.07 Å². The second-order valence-corrected chi connectivity index (χ2v) is 3.13. The summed E-state index contributed by atoms with van der Waals surface area (Å²) in [6, 6.07) is 8.64. The van der Waals surface area contributed by atoms with Crippen LogP contribution in [0.3, 0.4) is 0 Å². The molecule has 0 atom stereocenters. The van der Waals surface area contributed by atoms with Gasteiger partial charge >= 0.3 is 5.97 Å². The lowest BCUT2D eigenvalue weighted by molar-refractivity contribution is 0.0662. The van der Waals surface area contributed by atoms with E-state index in [2.05, 4.69) is 0 Å². The van der Waals surface area contributed by atoms with Crippen molar-refractivity contribution in [3.8, 4) is 11.1 Å². The van der Waals surface area contributed by atoms with Crippen LogP contribution in [0.1, 0.15) is 10.6 Å². The lowest BCUT2D eigenvalue weighted by Gasteiger charge is -1.97. The van der Waals surface area contributed by atoms with E-state index in [0.29, 0.717) is 11.3 Å². The number of carbonyl (C=O) groups is 1. The van der Waals surface area contributed by atoms with Gasteiger partial charge in [-0.1, -0.05) is 12.1 Å². The van der Waals surface area contributed by atoms with E-state index in [-0.39, 0.29) is 5.76 Å². The summed E-state index contributed by atoms with van der Waals surface area (Å²) in [5.74, 6) is -1.16. The predicted molar refractivity (Wildman–Crippen MR) is 55.5 cm³/mol. The molecule has 0 spiro atoms. The Balaban J connectivity index is 2.41. The highest BCUT2D eigenvalue weighted by molar-refractivity contribution is 5.86. The van der Waals surface area contributed by atoms with Gasteiger partial charge in [0.2, 0.25) is 5.76 Å². The van der Waals surface area contributed by atoms with Gasteiger partial charge < -0.3 is 15.3 Å². The lowest BCUT2D eigenvalue weighted by Crippen LogP contribution is -1.91. The number of hydrogen-bond donors (Lipinski definition) is 2. The number of carboxylic acid groups (broad SMARTS) is 1. The molecule has 0 aliphatic carbocycles. The van der Waals surface area contributed by atoms with E-state index in [0.717, 1.165) is 5.56 Å². The van der Waals surface area contributed by atoms with Crippen LogP contribution < -0.4 is 5.73 Å². The Morgan fingerprint density at radius 2 is 2.07 bits per heavy atom. The molecular weight excluding hydrogens is 194 g/mol. The number of furan rings is 1. The molecule has 0 saturated heterocycles. The minimum atomic E-state index is -1.08. The highest BCUT2D eigenvalue weighted by atomic mass is 16.4. The summed E-state index contributed by atoms with van der Waals surface area (Å²) >= 11 is 0. The molecule has 0 unspecified atom stereocenters. The number of rotatable bonds is 2. The summed E-state index contributed by atoms with van der Waals surface area (Å²) in [5.41, 5.74) is 7.79. The van der Waals surface area contributed by atoms with Crippen LogP contribution >= 0.6 is 0 Å². The summed E-state index contributed by atoms with van der Waals surface area (Å²) in [6.45, 7) is 0. The van der Waals surface area contributed by atoms with E-state index < -0.39 is 5.97 Å². The molecule has 0 aliphatic heterocycles. The molecule has 4 heteroatoms. The fourth-order valence-electron chi connectivity index (χ4n) is 1.32. The van der Waals surface area contributed by atoms with Gasteiger partial charge in [0.15, 0.2) is 0 Å². The molecule has 2 aromatic rings. The van der Waals surface area contributed by atoms with Crippen molar-refractivity contribution in [3.05, 3.63) is 42.4 Å². The maximum absolute atomic E-state index is 10.6. The van der Waals surface area contributed by atoms with Gasteiger partial charge in [0.25, 0.3) is 0 Å². The summed E-state index contributed by atoms with van der Waals surface area (Å²) in [6.07, 6.45) is 1.40. The average Bonchev–Trinajstić information content (AvgIpc) is 2.66. The van der Waals surface area contributed by atoms with Crippen molar-refractivity contribution in [2.45, 2.75) is 0 Å². The summed E-state index contributed by atoms with van der Waals surface area (Å²) in [7, 11) is 0. The van der Waals surface area contributed by atoms with Crippen LogP contribution in [0.25, 0.3) is 11.1 Å². The minimum absolute atomic E-state index is 0.0765. The van der Waals surface area contributed by atoms with Crippen molar-refractivity contribution in [1.82, 2.24) is 0 Å². The van der Waals surface area contributed by atoms with Gasteiger partial charge in [-0.2, -0.15) is 0 Å². The third kappa shape index (κ3) is 1.83. The molecule has 1 aromatic heterocycles. The smallest absolute Gasteiger partial charge is 0.371 e. The molecule has 0 bridgehead atoms. The standard InChI is InChI=1S/C11H9NO3/c12-9-3-1-2-7(4-9)8-5-10(11(13)14)15-6-8/h1-6H,12H2,(H,13,14). The number of anilines is 1. The molecule has 76 valence electrons.